The van der Waals surface area contributed by atoms with Gasteiger partial charge in [0.15, 0.2) is 4.87 Å². The van der Waals surface area contributed by atoms with Gasteiger partial charge < -0.3 is 9.84 Å². The second-order valence-electron chi connectivity index (χ2n) is 3.48. The first kappa shape index (κ1) is 13.6. The lowest BCUT2D eigenvalue weighted by Gasteiger charge is -2.31. The fourth-order valence-electron chi connectivity index (χ4n) is 1.53. The van der Waals surface area contributed by atoms with Crippen LogP contribution in [0.2, 0.25) is 0 Å². The van der Waals surface area contributed by atoms with E-state index in [9.17, 15) is 14.4 Å². The number of hydrogen-bond acceptors (Lipinski definition) is 5. The van der Waals surface area contributed by atoms with Crippen molar-refractivity contribution in [2.75, 3.05) is 6.61 Å². The quantitative estimate of drug-likeness (QED) is 0.754. The van der Waals surface area contributed by atoms with Gasteiger partial charge in [-0.15, -0.1) is 0 Å². The van der Waals surface area contributed by atoms with Crippen LogP contribution in [0.1, 0.15) is 20.8 Å². The Balaban J connectivity index is 3.09. The zero-order valence-corrected chi connectivity index (χ0v) is 10.5. The molecule has 7 heteroatoms. The maximum atomic E-state index is 11.8. The number of thioether (sulfide) groups is 1. The predicted molar refractivity (Wildman–Crippen MR) is 60.9 cm³/mol. The minimum absolute atomic E-state index is 0.170. The third-order valence-corrected chi connectivity index (χ3v) is 3.41. The zero-order valence-electron chi connectivity index (χ0n) is 9.72. The molecule has 1 aliphatic rings. The van der Waals surface area contributed by atoms with Crippen molar-refractivity contribution in [2.45, 2.75) is 25.6 Å². The van der Waals surface area contributed by atoms with Gasteiger partial charge in [0.25, 0.3) is 0 Å². The average Bonchev–Trinajstić information content (AvgIpc) is 2.58. The van der Waals surface area contributed by atoms with E-state index in [0.717, 1.165) is 16.7 Å². The third kappa shape index (κ3) is 2.28. The molecule has 1 atom stereocenters. The molecular formula is C10H13NO5S. The van der Waals surface area contributed by atoms with Gasteiger partial charge in [-0.25, -0.2) is 9.59 Å². The number of rotatable bonds is 3. The monoisotopic (exact) mass is 259 g/mol. The Kier molecular flexibility index (Phi) is 3.82. The molecule has 0 aromatic carbocycles. The first-order valence-corrected chi connectivity index (χ1v) is 5.81. The summed E-state index contributed by atoms with van der Waals surface area (Å²) in [6.45, 7) is 4.48. The first-order valence-electron chi connectivity index (χ1n) is 4.94. The number of ether oxygens (including phenoxy) is 1. The second-order valence-corrected chi connectivity index (χ2v) is 4.75. The SMILES string of the molecule is CCOC(=O)C1(C)SC=C(C(=O)O)N1C(C)=O. The molecule has 0 aromatic heterocycles. The summed E-state index contributed by atoms with van der Waals surface area (Å²) in [5.41, 5.74) is -0.210. The number of carbonyl (C=O) groups excluding carboxylic acids is 2. The number of esters is 1. The number of carboxylic acid groups (broad SMARTS) is 1. The molecular weight excluding hydrogens is 246 g/mol. The van der Waals surface area contributed by atoms with Crippen molar-refractivity contribution in [1.82, 2.24) is 4.90 Å². The summed E-state index contributed by atoms with van der Waals surface area (Å²) in [4.78, 5) is 33.8. The van der Waals surface area contributed by atoms with Crippen molar-refractivity contribution in [1.29, 1.82) is 0 Å². The molecule has 0 saturated carbocycles. The Hall–Kier alpha value is -1.50. The standard InChI is InChI=1S/C10H13NO5S/c1-4-16-9(15)10(3)11(6(2)12)7(5-17-10)8(13)14/h5H,4H2,1-3H3,(H,13,14). The number of nitrogens with zero attached hydrogens (tertiary/aromatic N) is 1. The summed E-state index contributed by atoms with van der Waals surface area (Å²) in [7, 11) is 0. The van der Waals surface area contributed by atoms with Crippen molar-refractivity contribution in [3.8, 4) is 0 Å². The highest BCUT2D eigenvalue weighted by molar-refractivity contribution is 8.04. The van der Waals surface area contributed by atoms with E-state index in [-0.39, 0.29) is 12.3 Å². The molecule has 0 fully saturated rings. The number of aliphatic carboxylic acids is 1. The van der Waals surface area contributed by atoms with Crippen LogP contribution < -0.4 is 0 Å². The van der Waals surface area contributed by atoms with Crippen LogP contribution in [-0.4, -0.2) is 39.3 Å². The van der Waals surface area contributed by atoms with Crippen LogP contribution in [0.3, 0.4) is 0 Å². The van der Waals surface area contributed by atoms with Crippen molar-refractivity contribution < 1.29 is 24.2 Å². The largest absolute Gasteiger partial charge is 0.477 e. The molecule has 0 bridgehead atoms. The lowest BCUT2D eigenvalue weighted by Crippen LogP contribution is -2.50. The molecule has 0 saturated heterocycles. The Labute approximate surface area is 103 Å². The van der Waals surface area contributed by atoms with Gasteiger partial charge in [0, 0.05) is 12.3 Å². The van der Waals surface area contributed by atoms with E-state index >= 15 is 0 Å². The van der Waals surface area contributed by atoms with Gasteiger partial charge in [-0.3, -0.25) is 9.69 Å². The minimum atomic E-state index is -1.34. The van der Waals surface area contributed by atoms with Crippen LogP contribution in [0.4, 0.5) is 0 Å². The van der Waals surface area contributed by atoms with Gasteiger partial charge in [0.2, 0.25) is 5.91 Å². The highest BCUT2D eigenvalue weighted by atomic mass is 32.2. The van der Waals surface area contributed by atoms with E-state index in [1.54, 1.807) is 6.92 Å². The lowest BCUT2D eigenvalue weighted by atomic mass is 10.2. The fourth-order valence-corrected chi connectivity index (χ4v) is 2.56. The molecule has 1 N–H and O–H groups in total. The summed E-state index contributed by atoms with van der Waals surface area (Å²) in [6, 6.07) is 0. The number of carboxylic acids is 1. The fraction of sp³-hybridized carbons (Fsp3) is 0.500. The van der Waals surface area contributed by atoms with Crippen LogP contribution in [0, 0.1) is 0 Å². The summed E-state index contributed by atoms with van der Waals surface area (Å²) < 4.78 is 4.86. The molecule has 94 valence electrons. The molecule has 0 aromatic rings. The molecule has 0 spiro atoms. The molecule has 0 aliphatic carbocycles. The van der Waals surface area contributed by atoms with Crippen molar-refractivity contribution in [2.24, 2.45) is 0 Å². The van der Waals surface area contributed by atoms with E-state index in [4.69, 9.17) is 9.84 Å². The molecule has 1 rings (SSSR count). The van der Waals surface area contributed by atoms with Crippen LogP contribution >= 0.6 is 11.8 Å². The van der Waals surface area contributed by atoms with Gasteiger partial charge in [-0.1, -0.05) is 11.8 Å². The molecule has 0 radical (unpaired) electrons. The average molecular weight is 259 g/mol. The Morgan fingerprint density at radius 2 is 2.12 bits per heavy atom. The smallest absolute Gasteiger partial charge is 0.353 e. The Morgan fingerprint density at radius 1 is 1.53 bits per heavy atom. The molecule has 1 unspecified atom stereocenters. The van der Waals surface area contributed by atoms with Crippen LogP contribution in [0.5, 0.6) is 0 Å². The Bertz CT molecular complexity index is 406. The second kappa shape index (κ2) is 4.79. The topological polar surface area (TPSA) is 83.9 Å². The molecule has 17 heavy (non-hydrogen) atoms. The minimum Gasteiger partial charge on any atom is -0.477 e. The van der Waals surface area contributed by atoms with Gasteiger partial charge in [0.1, 0.15) is 5.70 Å². The van der Waals surface area contributed by atoms with E-state index in [0.29, 0.717) is 0 Å². The maximum absolute atomic E-state index is 11.8. The summed E-state index contributed by atoms with van der Waals surface area (Å²) in [5, 5.41) is 10.2. The lowest BCUT2D eigenvalue weighted by molar-refractivity contribution is -0.155. The van der Waals surface area contributed by atoms with E-state index < -0.39 is 22.7 Å². The molecule has 1 aliphatic heterocycles. The highest BCUT2D eigenvalue weighted by Crippen LogP contribution is 2.41. The van der Waals surface area contributed by atoms with Gasteiger partial charge in [-0.05, 0) is 13.8 Å². The molecule has 1 heterocycles. The van der Waals surface area contributed by atoms with Crippen LogP contribution in [-0.2, 0) is 19.1 Å². The van der Waals surface area contributed by atoms with Gasteiger partial charge in [0.05, 0.1) is 6.61 Å². The Morgan fingerprint density at radius 3 is 2.53 bits per heavy atom. The summed E-state index contributed by atoms with van der Waals surface area (Å²) >= 11 is 0.953. The first-order chi connectivity index (χ1) is 7.84. The van der Waals surface area contributed by atoms with E-state index in [2.05, 4.69) is 0 Å². The summed E-state index contributed by atoms with van der Waals surface area (Å²) in [6.07, 6.45) is 0. The molecule has 6 nitrogen and oxygen atoms in total. The normalized spacial score (nSPS) is 23.2. The van der Waals surface area contributed by atoms with E-state index in [1.165, 1.54) is 19.3 Å². The summed E-state index contributed by atoms with van der Waals surface area (Å²) in [5.74, 6) is -2.40. The zero-order chi connectivity index (χ0) is 13.2. The van der Waals surface area contributed by atoms with Gasteiger partial charge >= 0.3 is 11.9 Å². The van der Waals surface area contributed by atoms with Crippen LogP contribution in [0.15, 0.2) is 11.1 Å². The highest BCUT2D eigenvalue weighted by Gasteiger charge is 2.50. The van der Waals surface area contributed by atoms with Crippen LogP contribution in [0.25, 0.3) is 0 Å². The number of hydrogen-bond donors (Lipinski definition) is 1. The van der Waals surface area contributed by atoms with Crippen molar-refractivity contribution in [3.05, 3.63) is 11.1 Å². The maximum Gasteiger partial charge on any atom is 0.353 e. The molecule has 1 amide bonds. The van der Waals surface area contributed by atoms with E-state index in [1.807, 2.05) is 0 Å². The third-order valence-electron chi connectivity index (χ3n) is 2.26. The van der Waals surface area contributed by atoms with Gasteiger partial charge in [-0.2, -0.15) is 0 Å². The number of amides is 1. The van der Waals surface area contributed by atoms with Crippen molar-refractivity contribution in [3.63, 3.8) is 0 Å². The van der Waals surface area contributed by atoms with Crippen molar-refractivity contribution >= 4 is 29.6 Å². The predicted octanol–water partition coefficient (Wildman–Crippen LogP) is 0.787. The number of carbonyl (C=O) groups is 3.